The Morgan fingerprint density at radius 1 is 1.06 bits per heavy atom. The van der Waals surface area contributed by atoms with Crippen LogP contribution in [-0.4, -0.2) is 26.4 Å². The molecule has 0 fully saturated rings. The lowest BCUT2D eigenvalue weighted by Crippen LogP contribution is -2.03. The molecule has 0 amide bonds. The zero-order valence-electron chi connectivity index (χ0n) is 10.6. The Morgan fingerprint density at radius 3 is 1.94 bits per heavy atom. The van der Waals surface area contributed by atoms with E-state index in [9.17, 15) is 5.11 Å². The highest BCUT2D eigenvalue weighted by molar-refractivity contribution is 5.52. The molecular formula is C13H18O4. The van der Waals surface area contributed by atoms with E-state index in [2.05, 4.69) is 6.58 Å². The van der Waals surface area contributed by atoms with Gasteiger partial charge >= 0.3 is 0 Å². The minimum atomic E-state index is -0.787. The van der Waals surface area contributed by atoms with Crippen molar-refractivity contribution in [1.82, 2.24) is 0 Å². The molecule has 0 spiro atoms. The van der Waals surface area contributed by atoms with Crippen molar-refractivity contribution in [2.75, 3.05) is 21.3 Å². The van der Waals surface area contributed by atoms with E-state index in [-0.39, 0.29) is 0 Å². The second-order valence-electron chi connectivity index (χ2n) is 3.70. The van der Waals surface area contributed by atoms with Crippen LogP contribution >= 0.6 is 0 Å². The van der Waals surface area contributed by atoms with Crippen LogP contribution < -0.4 is 14.2 Å². The van der Waals surface area contributed by atoms with E-state index in [1.165, 1.54) is 7.11 Å². The highest BCUT2D eigenvalue weighted by Gasteiger charge is 2.18. The van der Waals surface area contributed by atoms with Crippen molar-refractivity contribution in [3.63, 3.8) is 0 Å². The highest BCUT2D eigenvalue weighted by Crippen LogP contribution is 2.38. The van der Waals surface area contributed by atoms with Crippen LogP contribution in [0.4, 0.5) is 0 Å². The molecule has 17 heavy (non-hydrogen) atoms. The molecule has 0 heterocycles. The topological polar surface area (TPSA) is 47.9 Å². The zero-order chi connectivity index (χ0) is 13.0. The molecule has 0 bridgehead atoms. The normalized spacial score (nSPS) is 11.8. The van der Waals surface area contributed by atoms with Crippen molar-refractivity contribution in [3.8, 4) is 17.2 Å². The van der Waals surface area contributed by atoms with Gasteiger partial charge in [0.1, 0.15) is 11.9 Å². The Balaban J connectivity index is 3.33. The molecule has 1 atom stereocenters. The zero-order valence-corrected chi connectivity index (χ0v) is 10.6. The maximum atomic E-state index is 10.0. The van der Waals surface area contributed by atoms with Gasteiger partial charge in [0.2, 0.25) is 0 Å². The summed E-state index contributed by atoms with van der Waals surface area (Å²) in [7, 11) is 4.63. The molecule has 1 rings (SSSR count). The first kappa shape index (κ1) is 13.4. The van der Waals surface area contributed by atoms with E-state index in [4.69, 9.17) is 14.2 Å². The van der Waals surface area contributed by atoms with Crippen molar-refractivity contribution in [3.05, 3.63) is 29.8 Å². The molecule has 0 radical (unpaired) electrons. The molecule has 0 aliphatic carbocycles. The number of aliphatic hydroxyl groups is 1. The van der Waals surface area contributed by atoms with Crippen LogP contribution in [0.25, 0.3) is 0 Å². The number of hydrogen-bond acceptors (Lipinski definition) is 4. The first-order chi connectivity index (χ1) is 8.04. The highest BCUT2D eigenvalue weighted by atomic mass is 16.5. The van der Waals surface area contributed by atoms with Crippen LogP contribution in [0.2, 0.25) is 0 Å². The Hall–Kier alpha value is -1.68. The van der Waals surface area contributed by atoms with Gasteiger partial charge in [-0.15, -0.1) is 0 Å². The lowest BCUT2D eigenvalue weighted by atomic mass is 10.0. The average Bonchev–Trinajstić information content (AvgIpc) is 2.35. The molecular weight excluding hydrogens is 220 g/mol. The average molecular weight is 238 g/mol. The second kappa shape index (κ2) is 5.59. The molecule has 4 heteroatoms. The van der Waals surface area contributed by atoms with Gasteiger partial charge < -0.3 is 19.3 Å². The molecule has 1 unspecified atom stereocenters. The molecule has 4 nitrogen and oxygen atoms in total. The number of rotatable bonds is 5. The summed E-state index contributed by atoms with van der Waals surface area (Å²) in [6, 6.07) is 3.37. The van der Waals surface area contributed by atoms with Crippen LogP contribution in [-0.2, 0) is 0 Å². The standard InChI is InChI=1S/C13H18O4/c1-8(2)13(14)9-6-11(16-4)12(17-5)7-10(9)15-3/h6-7,13-14H,1H2,2-5H3. The van der Waals surface area contributed by atoms with Crippen LogP contribution in [0.1, 0.15) is 18.6 Å². The smallest absolute Gasteiger partial charge is 0.164 e. The summed E-state index contributed by atoms with van der Waals surface area (Å²) in [4.78, 5) is 0. The van der Waals surface area contributed by atoms with Crippen LogP contribution in [0.5, 0.6) is 17.2 Å². The van der Waals surface area contributed by atoms with E-state index in [1.807, 2.05) is 0 Å². The number of methoxy groups -OCH3 is 3. The third-order valence-corrected chi connectivity index (χ3v) is 2.50. The number of benzene rings is 1. The van der Waals surface area contributed by atoms with Crippen molar-refractivity contribution in [1.29, 1.82) is 0 Å². The van der Waals surface area contributed by atoms with Gasteiger partial charge in [-0.05, 0) is 18.6 Å². The summed E-state index contributed by atoms with van der Waals surface area (Å²) >= 11 is 0. The Kier molecular flexibility index (Phi) is 4.40. The van der Waals surface area contributed by atoms with Crippen molar-refractivity contribution in [2.24, 2.45) is 0 Å². The molecule has 0 aliphatic heterocycles. The van der Waals surface area contributed by atoms with Gasteiger partial charge in [-0.25, -0.2) is 0 Å². The summed E-state index contributed by atoms with van der Waals surface area (Å²) < 4.78 is 15.6. The maximum Gasteiger partial charge on any atom is 0.164 e. The van der Waals surface area contributed by atoms with E-state index >= 15 is 0 Å². The van der Waals surface area contributed by atoms with Gasteiger partial charge in [0.25, 0.3) is 0 Å². The van der Waals surface area contributed by atoms with E-state index in [0.29, 0.717) is 28.4 Å². The van der Waals surface area contributed by atoms with Crippen molar-refractivity contribution >= 4 is 0 Å². The summed E-state index contributed by atoms with van der Waals surface area (Å²) in [5.74, 6) is 1.64. The van der Waals surface area contributed by atoms with Gasteiger partial charge in [0.15, 0.2) is 11.5 Å². The van der Waals surface area contributed by atoms with Crippen LogP contribution in [0, 0.1) is 0 Å². The minimum absolute atomic E-state index is 0.540. The molecule has 94 valence electrons. The minimum Gasteiger partial charge on any atom is -0.496 e. The quantitative estimate of drug-likeness (QED) is 0.800. The van der Waals surface area contributed by atoms with Crippen molar-refractivity contribution < 1.29 is 19.3 Å². The number of ether oxygens (including phenoxy) is 3. The number of aliphatic hydroxyl groups excluding tert-OH is 1. The van der Waals surface area contributed by atoms with Crippen LogP contribution in [0.15, 0.2) is 24.3 Å². The fourth-order valence-electron chi connectivity index (χ4n) is 1.53. The molecule has 0 saturated heterocycles. The van der Waals surface area contributed by atoms with Gasteiger partial charge in [0.05, 0.1) is 21.3 Å². The molecule has 1 aromatic carbocycles. The molecule has 0 aliphatic rings. The van der Waals surface area contributed by atoms with Crippen molar-refractivity contribution in [2.45, 2.75) is 13.0 Å². The monoisotopic (exact) mass is 238 g/mol. The van der Waals surface area contributed by atoms with Gasteiger partial charge in [-0.1, -0.05) is 6.58 Å². The first-order valence-corrected chi connectivity index (χ1v) is 5.18. The predicted molar refractivity (Wildman–Crippen MR) is 65.9 cm³/mol. The largest absolute Gasteiger partial charge is 0.496 e. The number of hydrogen-bond donors (Lipinski definition) is 1. The fourth-order valence-corrected chi connectivity index (χ4v) is 1.53. The van der Waals surface area contributed by atoms with E-state index in [0.717, 1.165) is 0 Å². The first-order valence-electron chi connectivity index (χ1n) is 5.18. The lowest BCUT2D eigenvalue weighted by molar-refractivity contribution is 0.209. The third-order valence-electron chi connectivity index (χ3n) is 2.50. The SMILES string of the molecule is C=C(C)C(O)c1cc(OC)c(OC)cc1OC. The third kappa shape index (κ3) is 2.71. The molecule has 1 aromatic rings. The molecule has 1 N–H and O–H groups in total. The van der Waals surface area contributed by atoms with Gasteiger partial charge in [0, 0.05) is 11.6 Å². The summed E-state index contributed by atoms with van der Waals surface area (Å²) in [6.07, 6.45) is -0.787. The van der Waals surface area contributed by atoms with E-state index < -0.39 is 6.10 Å². The maximum absolute atomic E-state index is 10.0. The predicted octanol–water partition coefficient (Wildman–Crippen LogP) is 2.32. The summed E-state index contributed by atoms with van der Waals surface area (Å²) in [5, 5.41) is 10.0. The molecule has 0 aromatic heterocycles. The van der Waals surface area contributed by atoms with Crippen LogP contribution in [0.3, 0.4) is 0 Å². The Labute approximate surface area is 101 Å². The second-order valence-corrected chi connectivity index (χ2v) is 3.70. The Bertz CT molecular complexity index is 412. The Morgan fingerprint density at radius 2 is 1.53 bits per heavy atom. The van der Waals surface area contributed by atoms with Gasteiger partial charge in [-0.2, -0.15) is 0 Å². The summed E-state index contributed by atoms with van der Waals surface area (Å²) in [5.41, 5.74) is 1.24. The van der Waals surface area contributed by atoms with E-state index in [1.54, 1.807) is 33.3 Å². The summed E-state index contributed by atoms with van der Waals surface area (Å²) in [6.45, 7) is 5.48. The fraction of sp³-hybridized carbons (Fsp3) is 0.385. The lowest BCUT2D eigenvalue weighted by Gasteiger charge is -2.17. The van der Waals surface area contributed by atoms with Gasteiger partial charge in [-0.3, -0.25) is 0 Å². The molecule has 0 saturated carbocycles.